The van der Waals surface area contributed by atoms with E-state index in [-0.39, 0.29) is 11.6 Å². The highest BCUT2D eigenvalue weighted by Crippen LogP contribution is 2.10. The molecule has 0 aliphatic heterocycles. The van der Waals surface area contributed by atoms with Crippen LogP contribution in [0.25, 0.3) is 0 Å². The average molecular weight is 293 g/mol. The average Bonchev–Trinajstić information content (AvgIpc) is 2.43. The number of carboxylic acid groups (broad SMARTS) is 1. The number of carbonyl (C=O) groups excluding carboxylic acids is 1. The lowest BCUT2D eigenvalue weighted by atomic mass is 10.2. The number of benzene rings is 1. The van der Waals surface area contributed by atoms with Gasteiger partial charge in [0.1, 0.15) is 0 Å². The molecular weight excluding hydrogens is 270 g/mol. The first kappa shape index (κ1) is 17.0. The van der Waals surface area contributed by atoms with Crippen molar-refractivity contribution in [3.63, 3.8) is 0 Å². The number of urea groups is 1. The van der Waals surface area contributed by atoms with E-state index in [4.69, 9.17) is 5.11 Å². The van der Waals surface area contributed by atoms with Gasteiger partial charge in [-0.15, -0.1) is 0 Å². The van der Waals surface area contributed by atoms with Crippen molar-refractivity contribution in [3.8, 4) is 0 Å². The molecule has 1 aromatic carbocycles. The maximum atomic E-state index is 12.1. The molecule has 0 aromatic heterocycles. The molecule has 2 N–H and O–H groups in total. The van der Waals surface area contributed by atoms with E-state index in [9.17, 15) is 9.59 Å². The van der Waals surface area contributed by atoms with Crippen LogP contribution >= 0.6 is 0 Å². The van der Waals surface area contributed by atoms with Gasteiger partial charge in [0.05, 0.1) is 5.56 Å². The summed E-state index contributed by atoms with van der Waals surface area (Å²) >= 11 is 0. The molecular formula is C15H23N3O3. The highest BCUT2D eigenvalue weighted by atomic mass is 16.4. The quantitative estimate of drug-likeness (QED) is 0.808. The molecule has 0 atom stereocenters. The SMILES string of the molecule is CCN(CCCN(C)C)C(=O)Nc1ccc(C(=O)O)cc1. The molecule has 0 heterocycles. The summed E-state index contributed by atoms with van der Waals surface area (Å²) < 4.78 is 0. The number of rotatable bonds is 7. The second-order valence-corrected chi connectivity index (χ2v) is 5.05. The van der Waals surface area contributed by atoms with Crippen LogP contribution < -0.4 is 5.32 Å². The Hall–Kier alpha value is -2.08. The lowest BCUT2D eigenvalue weighted by Crippen LogP contribution is -2.36. The van der Waals surface area contributed by atoms with Crippen LogP contribution in [0.5, 0.6) is 0 Å². The smallest absolute Gasteiger partial charge is 0.335 e. The minimum atomic E-state index is -0.980. The monoisotopic (exact) mass is 293 g/mol. The van der Waals surface area contributed by atoms with Crippen LogP contribution in [-0.2, 0) is 0 Å². The molecule has 0 bridgehead atoms. The maximum absolute atomic E-state index is 12.1. The van der Waals surface area contributed by atoms with E-state index >= 15 is 0 Å². The van der Waals surface area contributed by atoms with Crippen LogP contribution in [-0.4, -0.2) is 60.6 Å². The standard InChI is InChI=1S/C15H23N3O3/c1-4-18(11-5-10-17(2)3)15(21)16-13-8-6-12(7-9-13)14(19)20/h6-9H,4-5,10-11H2,1-3H3,(H,16,21)(H,19,20). The Morgan fingerprint density at radius 1 is 1.14 bits per heavy atom. The van der Waals surface area contributed by atoms with Crippen LogP contribution in [0.4, 0.5) is 10.5 Å². The van der Waals surface area contributed by atoms with Gasteiger partial charge in [0.15, 0.2) is 0 Å². The third kappa shape index (κ3) is 5.83. The number of anilines is 1. The van der Waals surface area contributed by atoms with Gasteiger partial charge in [0.2, 0.25) is 0 Å². The molecule has 1 rings (SSSR count). The van der Waals surface area contributed by atoms with Gasteiger partial charge in [-0.2, -0.15) is 0 Å². The van der Waals surface area contributed by atoms with E-state index in [1.807, 2.05) is 21.0 Å². The zero-order valence-corrected chi connectivity index (χ0v) is 12.8. The van der Waals surface area contributed by atoms with Gasteiger partial charge < -0.3 is 20.2 Å². The molecule has 0 fully saturated rings. The van der Waals surface area contributed by atoms with E-state index in [2.05, 4.69) is 10.2 Å². The predicted molar refractivity (Wildman–Crippen MR) is 82.8 cm³/mol. The summed E-state index contributed by atoms with van der Waals surface area (Å²) in [6.07, 6.45) is 0.909. The Morgan fingerprint density at radius 2 is 1.76 bits per heavy atom. The molecule has 0 aliphatic carbocycles. The predicted octanol–water partition coefficient (Wildman–Crippen LogP) is 2.19. The minimum Gasteiger partial charge on any atom is -0.478 e. The van der Waals surface area contributed by atoms with Gasteiger partial charge in [-0.1, -0.05) is 0 Å². The number of nitrogens with zero attached hydrogens (tertiary/aromatic N) is 2. The largest absolute Gasteiger partial charge is 0.478 e. The van der Waals surface area contributed by atoms with Crippen LogP contribution in [0.3, 0.4) is 0 Å². The number of hydrogen-bond donors (Lipinski definition) is 2. The Labute approximate surface area is 125 Å². The lowest BCUT2D eigenvalue weighted by Gasteiger charge is -2.22. The molecule has 6 nitrogen and oxygen atoms in total. The fourth-order valence-electron chi connectivity index (χ4n) is 1.88. The normalized spacial score (nSPS) is 10.5. The Bertz CT molecular complexity index is 472. The molecule has 0 aliphatic rings. The number of carbonyl (C=O) groups is 2. The third-order valence-corrected chi connectivity index (χ3v) is 3.09. The molecule has 6 heteroatoms. The van der Waals surface area contributed by atoms with E-state index in [0.29, 0.717) is 18.8 Å². The van der Waals surface area contributed by atoms with Crippen molar-refractivity contribution in [1.82, 2.24) is 9.80 Å². The first-order valence-electron chi connectivity index (χ1n) is 6.98. The lowest BCUT2D eigenvalue weighted by molar-refractivity contribution is 0.0697. The maximum Gasteiger partial charge on any atom is 0.335 e. The number of amides is 2. The van der Waals surface area contributed by atoms with Gasteiger partial charge in [-0.25, -0.2) is 9.59 Å². The molecule has 0 spiro atoms. The van der Waals surface area contributed by atoms with Crippen LogP contribution in [0.1, 0.15) is 23.7 Å². The van der Waals surface area contributed by atoms with E-state index in [1.165, 1.54) is 12.1 Å². The van der Waals surface area contributed by atoms with Gasteiger partial charge in [0, 0.05) is 18.8 Å². The van der Waals surface area contributed by atoms with Crippen molar-refractivity contribution in [2.24, 2.45) is 0 Å². The van der Waals surface area contributed by atoms with Crippen LogP contribution in [0, 0.1) is 0 Å². The highest BCUT2D eigenvalue weighted by molar-refractivity contribution is 5.91. The van der Waals surface area contributed by atoms with Crippen molar-refractivity contribution in [2.75, 3.05) is 39.0 Å². The first-order chi connectivity index (χ1) is 9.93. The molecule has 0 saturated carbocycles. The van der Waals surface area contributed by atoms with Crippen molar-refractivity contribution >= 4 is 17.7 Å². The third-order valence-electron chi connectivity index (χ3n) is 3.09. The van der Waals surface area contributed by atoms with Crippen LogP contribution in [0.15, 0.2) is 24.3 Å². The second-order valence-electron chi connectivity index (χ2n) is 5.05. The zero-order chi connectivity index (χ0) is 15.8. The topological polar surface area (TPSA) is 72.9 Å². The van der Waals surface area contributed by atoms with Gasteiger partial charge >= 0.3 is 12.0 Å². The van der Waals surface area contributed by atoms with Crippen molar-refractivity contribution in [3.05, 3.63) is 29.8 Å². The fraction of sp³-hybridized carbons (Fsp3) is 0.467. The number of aromatic carboxylic acids is 1. The second kappa shape index (κ2) is 8.26. The summed E-state index contributed by atoms with van der Waals surface area (Å²) in [5.74, 6) is -0.980. The fourth-order valence-corrected chi connectivity index (χ4v) is 1.88. The molecule has 1 aromatic rings. The van der Waals surface area contributed by atoms with Gasteiger partial charge in [-0.3, -0.25) is 0 Å². The Kier molecular flexibility index (Phi) is 6.68. The summed E-state index contributed by atoms with van der Waals surface area (Å²) in [4.78, 5) is 26.7. The Morgan fingerprint density at radius 3 is 2.24 bits per heavy atom. The highest BCUT2D eigenvalue weighted by Gasteiger charge is 2.11. The zero-order valence-electron chi connectivity index (χ0n) is 12.8. The van der Waals surface area contributed by atoms with Crippen molar-refractivity contribution < 1.29 is 14.7 Å². The molecule has 0 saturated heterocycles. The summed E-state index contributed by atoms with van der Waals surface area (Å²) in [6, 6.07) is 5.96. The van der Waals surface area contributed by atoms with Gasteiger partial charge in [0.25, 0.3) is 0 Å². The molecule has 0 unspecified atom stereocenters. The van der Waals surface area contributed by atoms with Crippen LogP contribution in [0.2, 0.25) is 0 Å². The van der Waals surface area contributed by atoms with Gasteiger partial charge in [-0.05, 0) is 58.3 Å². The number of carboxylic acids is 1. The summed E-state index contributed by atoms with van der Waals surface area (Å²) in [5.41, 5.74) is 0.794. The van der Waals surface area contributed by atoms with E-state index in [0.717, 1.165) is 13.0 Å². The summed E-state index contributed by atoms with van der Waals surface area (Å²) in [5, 5.41) is 11.6. The summed E-state index contributed by atoms with van der Waals surface area (Å²) in [6.45, 7) is 4.18. The first-order valence-corrected chi connectivity index (χ1v) is 6.98. The molecule has 116 valence electrons. The van der Waals surface area contributed by atoms with E-state index in [1.54, 1.807) is 17.0 Å². The molecule has 2 amide bonds. The van der Waals surface area contributed by atoms with Crippen molar-refractivity contribution in [2.45, 2.75) is 13.3 Å². The number of nitrogens with one attached hydrogen (secondary N) is 1. The Balaban J connectivity index is 2.54. The summed E-state index contributed by atoms with van der Waals surface area (Å²) in [7, 11) is 4.00. The van der Waals surface area contributed by atoms with Crippen molar-refractivity contribution in [1.29, 1.82) is 0 Å². The van der Waals surface area contributed by atoms with E-state index < -0.39 is 5.97 Å². The number of hydrogen-bond acceptors (Lipinski definition) is 3. The minimum absolute atomic E-state index is 0.167. The molecule has 21 heavy (non-hydrogen) atoms. The molecule has 0 radical (unpaired) electrons.